The molecule has 0 aromatic heterocycles. The van der Waals surface area contributed by atoms with Gasteiger partial charge in [0.15, 0.2) is 0 Å². The van der Waals surface area contributed by atoms with E-state index >= 15 is 0 Å². The van der Waals surface area contributed by atoms with Crippen LogP contribution in [0.2, 0.25) is 5.04 Å². The minimum absolute atomic E-state index is 0.00164. The van der Waals surface area contributed by atoms with Crippen LogP contribution in [0.25, 0.3) is 6.08 Å². The van der Waals surface area contributed by atoms with Crippen LogP contribution in [-0.2, 0) is 4.43 Å². The topological polar surface area (TPSA) is 18.5 Å². The van der Waals surface area contributed by atoms with Crippen LogP contribution in [-0.4, -0.2) is 14.9 Å². The maximum absolute atomic E-state index is 7.05. The van der Waals surface area contributed by atoms with Crippen LogP contribution in [0.5, 0.6) is 11.5 Å². The minimum atomic E-state index is -2.48. The van der Waals surface area contributed by atoms with Gasteiger partial charge in [-0.1, -0.05) is 131 Å². The Balaban J connectivity index is 1.42. The van der Waals surface area contributed by atoms with E-state index in [1.54, 1.807) is 0 Å². The first-order chi connectivity index (χ1) is 17.9. The molecule has 0 radical (unpaired) electrons. The predicted octanol–water partition coefficient (Wildman–Crippen LogP) is 8.09. The van der Waals surface area contributed by atoms with Crippen molar-refractivity contribution in [3.8, 4) is 11.5 Å². The fourth-order valence-electron chi connectivity index (χ4n) is 4.80. The van der Waals surface area contributed by atoms with E-state index in [1.165, 1.54) is 15.9 Å². The highest BCUT2D eigenvalue weighted by molar-refractivity contribution is 6.99. The summed E-state index contributed by atoms with van der Waals surface area (Å²) >= 11 is 0. The van der Waals surface area contributed by atoms with Gasteiger partial charge in [0.05, 0.1) is 0 Å². The van der Waals surface area contributed by atoms with E-state index in [2.05, 4.69) is 113 Å². The van der Waals surface area contributed by atoms with Crippen molar-refractivity contribution >= 4 is 24.8 Å². The van der Waals surface area contributed by atoms with Crippen molar-refractivity contribution in [3.63, 3.8) is 0 Å². The molecule has 4 rings (SSSR count). The van der Waals surface area contributed by atoms with Gasteiger partial charge in [-0.15, -0.1) is 0 Å². The molecular weight excluding hydrogens is 468 g/mol. The number of benzene rings is 4. The van der Waals surface area contributed by atoms with Gasteiger partial charge >= 0.3 is 0 Å². The summed E-state index contributed by atoms with van der Waals surface area (Å²) in [5, 5.41) is 2.66. The first kappa shape index (κ1) is 26.7. The Bertz CT molecular complexity index is 1200. The maximum atomic E-state index is 7.05. The third-order valence-corrected chi connectivity index (χ3v) is 11.8. The molecule has 4 aromatic carbocycles. The monoisotopic (exact) mass is 506 g/mol. The zero-order valence-corrected chi connectivity index (χ0v) is 23.4. The normalized spacial score (nSPS) is 13.0. The molecule has 0 amide bonds. The van der Waals surface area contributed by atoms with Crippen molar-refractivity contribution in [2.24, 2.45) is 5.92 Å². The summed E-state index contributed by atoms with van der Waals surface area (Å²) in [6, 6.07) is 39.8. The largest absolute Gasteiger partial charge is 0.457 e. The number of hydrogen-bond donors (Lipinski definition) is 0. The molecule has 0 aliphatic carbocycles. The van der Waals surface area contributed by atoms with Gasteiger partial charge in [-0.3, -0.25) is 0 Å². The van der Waals surface area contributed by atoms with Gasteiger partial charge in [0.1, 0.15) is 11.5 Å². The van der Waals surface area contributed by atoms with E-state index in [-0.39, 0.29) is 5.04 Å². The molecule has 1 atom stereocenters. The molecule has 37 heavy (non-hydrogen) atoms. The quantitative estimate of drug-likeness (QED) is 0.202. The average Bonchev–Trinajstić information content (AvgIpc) is 2.92. The van der Waals surface area contributed by atoms with Crippen LogP contribution in [0, 0.1) is 5.92 Å². The number of hydrogen-bond acceptors (Lipinski definition) is 2. The molecular formula is C34H38O2Si. The standard InChI is InChI=1S/C34H38O2Si/c1-28(20-21-29-22-24-31(25-23-29)36-30-14-8-5-9-15-30)26-27-35-37(34(2,3)4,32-16-10-6-11-17-32)33-18-12-7-13-19-33/h5-25,28H,26-27H2,1-4H3. The van der Waals surface area contributed by atoms with E-state index in [0.717, 1.165) is 24.5 Å². The Morgan fingerprint density at radius 1 is 0.676 bits per heavy atom. The van der Waals surface area contributed by atoms with E-state index in [0.29, 0.717) is 5.92 Å². The fourth-order valence-corrected chi connectivity index (χ4v) is 9.38. The minimum Gasteiger partial charge on any atom is -0.457 e. The van der Waals surface area contributed by atoms with Crippen LogP contribution in [0.3, 0.4) is 0 Å². The molecule has 0 spiro atoms. The third kappa shape index (κ3) is 6.68. The van der Waals surface area contributed by atoms with Gasteiger partial charge in [-0.05, 0) is 57.6 Å². The molecule has 0 heterocycles. The summed E-state index contributed by atoms with van der Waals surface area (Å²) in [5.41, 5.74) is 1.17. The Hall–Kier alpha value is -3.40. The van der Waals surface area contributed by atoms with Crippen molar-refractivity contribution in [1.29, 1.82) is 0 Å². The van der Waals surface area contributed by atoms with Gasteiger partial charge in [0.25, 0.3) is 8.32 Å². The van der Waals surface area contributed by atoms with Crippen molar-refractivity contribution < 1.29 is 9.16 Å². The second kappa shape index (κ2) is 12.2. The smallest absolute Gasteiger partial charge is 0.261 e. The van der Waals surface area contributed by atoms with E-state index in [9.17, 15) is 0 Å². The highest BCUT2D eigenvalue weighted by atomic mass is 28.4. The lowest BCUT2D eigenvalue weighted by Crippen LogP contribution is -2.66. The SMILES string of the molecule is CC(C=Cc1ccc(Oc2ccccc2)cc1)CCO[Si](c1ccccc1)(c1ccccc1)C(C)(C)C. The number of ether oxygens (including phenoxy) is 1. The van der Waals surface area contributed by atoms with Crippen molar-refractivity contribution in [1.82, 2.24) is 0 Å². The van der Waals surface area contributed by atoms with Gasteiger partial charge < -0.3 is 9.16 Å². The van der Waals surface area contributed by atoms with Crippen LogP contribution in [0.4, 0.5) is 0 Å². The summed E-state index contributed by atoms with van der Waals surface area (Å²) in [6.45, 7) is 9.97. The Labute approximate surface area is 223 Å². The second-order valence-electron chi connectivity index (χ2n) is 10.6. The molecule has 3 heteroatoms. The number of para-hydroxylation sites is 1. The van der Waals surface area contributed by atoms with Crippen LogP contribution >= 0.6 is 0 Å². The molecule has 2 nitrogen and oxygen atoms in total. The Morgan fingerprint density at radius 2 is 1.16 bits per heavy atom. The van der Waals surface area contributed by atoms with E-state index in [1.807, 2.05) is 42.5 Å². The van der Waals surface area contributed by atoms with Gasteiger partial charge in [0, 0.05) is 6.61 Å². The van der Waals surface area contributed by atoms with Gasteiger partial charge in [-0.25, -0.2) is 0 Å². The molecule has 0 N–H and O–H groups in total. The van der Waals surface area contributed by atoms with Gasteiger partial charge in [0.2, 0.25) is 0 Å². The third-order valence-electron chi connectivity index (χ3n) is 6.78. The predicted molar refractivity (Wildman–Crippen MR) is 159 cm³/mol. The molecule has 0 aliphatic rings. The summed E-state index contributed by atoms with van der Waals surface area (Å²) in [4.78, 5) is 0. The Kier molecular flexibility index (Phi) is 8.81. The number of rotatable bonds is 10. The van der Waals surface area contributed by atoms with Crippen molar-refractivity contribution in [2.75, 3.05) is 6.61 Å². The molecule has 0 saturated heterocycles. The van der Waals surface area contributed by atoms with Crippen LogP contribution < -0.4 is 15.1 Å². The summed E-state index contributed by atoms with van der Waals surface area (Å²) < 4.78 is 13.0. The molecule has 190 valence electrons. The molecule has 0 aliphatic heterocycles. The van der Waals surface area contributed by atoms with Crippen molar-refractivity contribution in [2.45, 2.75) is 39.2 Å². The highest BCUT2D eigenvalue weighted by Gasteiger charge is 2.49. The Morgan fingerprint density at radius 3 is 1.68 bits per heavy atom. The fraction of sp³-hybridized carbons (Fsp3) is 0.235. The molecule has 4 aromatic rings. The first-order valence-corrected chi connectivity index (χ1v) is 15.1. The highest BCUT2D eigenvalue weighted by Crippen LogP contribution is 2.37. The zero-order chi connectivity index (χ0) is 26.1. The lowest BCUT2D eigenvalue weighted by Gasteiger charge is -2.43. The van der Waals surface area contributed by atoms with Gasteiger partial charge in [-0.2, -0.15) is 0 Å². The van der Waals surface area contributed by atoms with Crippen molar-refractivity contribution in [3.05, 3.63) is 127 Å². The molecule has 0 fully saturated rings. The van der Waals surface area contributed by atoms with E-state index < -0.39 is 8.32 Å². The van der Waals surface area contributed by atoms with E-state index in [4.69, 9.17) is 9.16 Å². The van der Waals surface area contributed by atoms with Crippen LogP contribution in [0.1, 0.15) is 39.7 Å². The van der Waals surface area contributed by atoms with Crippen LogP contribution in [0.15, 0.2) is 121 Å². The molecule has 0 saturated carbocycles. The number of allylic oxidation sites excluding steroid dienone is 1. The average molecular weight is 507 g/mol. The lowest BCUT2D eigenvalue weighted by molar-refractivity contribution is 0.279. The summed E-state index contributed by atoms with van der Waals surface area (Å²) in [7, 11) is -2.48. The first-order valence-electron chi connectivity index (χ1n) is 13.1. The molecule has 0 bridgehead atoms. The second-order valence-corrected chi connectivity index (χ2v) is 14.9. The maximum Gasteiger partial charge on any atom is 0.261 e. The summed E-state index contributed by atoms with van der Waals surface area (Å²) in [5.74, 6) is 2.09. The summed E-state index contributed by atoms with van der Waals surface area (Å²) in [6.07, 6.45) is 5.44. The molecule has 1 unspecified atom stereocenters. The lowest BCUT2D eigenvalue weighted by atomic mass is 10.1. The zero-order valence-electron chi connectivity index (χ0n) is 22.4.